The summed E-state index contributed by atoms with van der Waals surface area (Å²) in [6, 6.07) is 4.07. The summed E-state index contributed by atoms with van der Waals surface area (Å²) in [4.78, 5) is 60.3. The number of carboxylic acids is 2. The first-order valence-electron chi connectivity index (χ1n) is 9.54. The topological polar surface area (TPSA) is 229 Å². The van der Waals surface area contributed by atoms with E-state index < -0.39 is 35.9 Å². The molecule has 3 aromatic rings. The van der Waals surface area contributed by atoms with E-state index >= 15 is 0 Å². The van der Waals surface area contributed by atoms with E-state index in [2.05, 4.69) is 25.3 Å². The Balaban J connectivity index is 0.00000408. The maximum Gasteiger partial charge on any atom is 0.326 e. The average Bonchev–Trinajstić information content (AvgIpc) is 2.76. The summed E-state index contributed by atoms with van der Waals surface area (Å²) in [7, 11) is 0. The number of hydrogen-bond donors (Lipinski definition) is 6. The van der Waals surface area contributed by atoms with E-state index in [1.54, 1.807) is 0 Å². The Labute approximate surface area is 201 Å². The number of aliphatic carboxylic acids is 2. The van der Waals surface area contributed by atoms with E-state index in [-0.39, 0.29) is 69.2 Å². The van der Waals surface area contributed by atoms with Crippen LogP contribution in [0.2, 0.25) is 0 Å². The number of nitrogens with zero attached hydrogens (tertiary/aromatic N) is 3. The average molecular weight is 513 g/mol. The zero-order chi connectivity index (χ0) is 24.1. The largest absolute Gasteiger partial charge is 0.629 e. The predicted octanol–water partition coefficient (Wildman–Crippen LogP) is -1.44. The number of nitrogens with two attached hydrogens (primary N) is 1. The molecule has 0 spiro atoms. The minimum atomic E-state index is -1.37. The van der Waals surface area contributed by atoms with E-state index in [1.807, 2.05) is 0 Å². The van der Waals surface area contributed by atoms with E-state index in [4.69, 9.17) is 15.9 Å². The van der Waals surface area contributed by atoms with Crippen molar-refractivity contribution >= 4 is 40.6 Å². The minimum absolute atomic E-state index is 0. The molecule has 1 unspecified atom stereocenters. The normalized spacial score (nSPS) is 12.4. The third-order valence-electron chi connectivity index (χ3n) is 4.55. The Morgan fingerprint density at radius 2 is 1.85 bits per heavy atom. The number of anilines is 1. The van der Waals surface area contributed by atoms with Crippen LogP contribution in [0.3, 0.4) is 0 Å². The number of nitrogens with one attached hydrogen (secondary N) is 3. The Bertz CT molecular complexity index is 1270. The zero-order valence-electron chi connectivity index (χ0n) is 17.3. The molecular weight excluding hydrogens is 494 g/mol. The van der Waals surface area contributed by atoms with Crippen molar-refractivity contribution < 1.29 is 46.7 Å². The van der Waals surface area contributed by atoms with Crippen LogP contribution in [-0.4, -0.2) is 54.0 Å². The summed E-state index contributed by atoms with van der Waals surface area (Å²) in [6.45, 7) is -0.172. The quantitative estimate of drug-likeness (QED) is 0.143. The number of H-pyrrole nitrogens is 1. The van der Waals surface area contributed by atoms with Crippen LogP contribution in [0.25, 0.3) is 11.2 Å². The van der Waals surface area contributed by atoms with Crippen LogP contribution in [0.15, 0.2) is 35.3 Å². The van der Waals surface area contributed by atoms with Crippen molar-refractivity contribution in [2.45, 2.75) is 25.4 Å². The number of fused-ring (bicyclic) bond motifs is 1. The number of rotatable bonds is 9. The van der Waals surface area contributed by atoms with Gasteiger partial charge < -0.3 is 31.5 Å². The molecule has 7 N–H and O–H groups in total. The molecule has 180 valence electrons. The Hall–Kier alpha value is -3.91. The van der Waals surface area contributed by atoms with Crippen molar-refractivity contribution in [2.75, 3.05) is 5.73 Å². The fraction of sp³-hybridized carbons (Fsp3) is 0.211. The van der Waals surface area contributed by atoms with Crippen LogP contribution in [0, 0.1) is 5.21 Å². The van der Waals surface area contributed by atoms with Gasteiger partial charge in [-0.1, -0.05) is 0 Å². The maximum atomic E-state index is 12.6. The number of hydroxylamine groups is 1. The number of benzene rings is 1. The summed E-state index contributed by atoms with van der Waals surface area (Å²) >= 11 is 0. The van der Waals surface area contributed by atoms with Crippen molar-refractivity contribution in [3.63, 3.8) is 0 Å². The molecule has 0 aliphatic carbocycles. The number of nitrogen functional groups attached to an aromatic ring is 1. The molecule has 34 heavy (non-hydrogen) atoms. The van der Waals surface area contributed by atoms with Crippen molar-refractivity contribution in [1.82, 2.24) is 25.3 Å². The summed E-state index contributed by atoms with van der Waals surface area (Å²) < 4.78 is 0. The van der Waals surface area contributed by atoms with Gasteiger partial charge in [0.05, 0.1) is 6.20 Å². The molecule has 0 saturated heterocycles. The molecule has 0 fully saturated rings. The van der Waals surface area contributed by atoms with Gasteiger partial charge in [0.15, 0.2) is 11.2 Å². The molecule has 0 bridgehead atoms. The third kappa shape index (κ3) is 6.55. The second-order valence-electron chi connectivity index (χ2n) is 6.96. The fourth-order valence-corrected chi connectivity index (χ4v) is 2.90. The number of carboxylic acid groups (broad SMARTS) is 2. The number of quaternary nitrogens is 1. The van der Waals surface area contributed by atoms with Crippen LogP contribution >= 0.6 is 0 Å². The first kappa shape index (κ1) is 26.3. The van der Waals surface area contributed by atoms with Gasteiger partial charge in [-0.25, -0.2) is 14.8 Å². The summed E-state index contributed by atoms with van der Waals surface area (Å²) in [5.41, 5.74) is 5.43. The van der Waals surface area contributed by atoms with Crippen LogP contribution in [0.1, 0.15) is 28.9 Å². The Morgan fingerprint density at radius 1 is 1.18 bits per heavy atom. The molecular formula is C19H19FeN7O7. The van der Waals surface area contributed by atoms with E-state index in [9.17, 15) is 24.4 Å². The number of hydrogen-bond acceptors (Lipinski definition) is 9. The van der Waals surface area contributed by atoms with Gasteiger partial charge in [0.2, 0.25) is 5.95 Å². The van der Waals surface area contributed by atoms with Crippen LogP contribution in [-0.2, 0) is 33.2 Å². The van der Waals surface area contributed by atoms with Crippen LogP contribution in [0.4, 0.5) is 11.6 Å². The van der Waals surface area contributed by atoms with Gasteiger partial charge in [0.1, 0.15) is 24.0 Å². The molecule has 0 radical (unpaired) electrons. The fourth-order valence-electron chi connectivity index (χ4n) is 2.90. The molecule has 0 aliphatic rings. The smallest absolute Gasteiger partial charge is 0.326 e. The number of carbonyl (C=O) groups excluding carboxylic acids is 1. The van der Waals surface area contributed by atoms with Crippen molar-refractivity contribution in [3.05, 3.63) is 57.3 Å². The second-order valence-corrected chi connectivity index (χ2v) is 6.96. The van der Waals surface area contributed by atoms with Gasteiger partial charge in [0.25, 0.3) is 11.5 Å². The molecule has 2 heterocycles. The number of aromatic amines is 1. The summed E-state index contributed by atoms with van der Waals surface area (Å²) in [6.07, 6.45) is 0.611. The molecule has 0 saturated carbocycles. The summed E-state index contributed by atoms with van der Waals surface area (Å²) in [5.74, 6) is -3.37. The Kier molecular flexibility index (Phi) is 8.75. The zero-order valence-corrected chi connectivity index (χ0v) is 18.4. The van der Waals surface area contributed by atoms with E-state index in [1.165, 1.54) is 30.5 Å². The van der Waals surface area contributed by atoms with Gasteiger partial charge in [-0.05, 0) is 18.6 Å². The first-order valence-corrected chi connectivity index (χ1v) is 9.54. The molecule has 1 aromatic carbocycles. The Morgan fingerprint density at radius 3 is 2.47 bits per heavy atom. The molecule has 0 aliphatic heterocycles. The van der Waals surface area contributed by atoms with Crippen molar-refractivity contribution in [2.24, 2.45) is 0 Å². The van der Waals surface area contributed by atoms with Gasteiger partial charge >= 0.3 is 11.9 Å². The standard InChI is InChI=1S/C19H19N7O7.Fe/c20-19-24-15-14(17(30)25-19)22-10(7-21-15)8-26(33)11-3-1-9(2-4-11)16(29)23-12(18(31)32)5-6-13(27)28;/h1-4,7,12,26H,5-6,8H2,(H,23,29)(H,27,28)(H,31,32)(H3,20,21,24,25,30);/t12-;/m0./s1. The van der Waals surface area contributed by atoms with Gasteiger partial charge in [0, 0.05) is 41.2 Å². The van der Waals surface area contributed by atoms with Crippen LogP contribution < -0.4 is 21.7 Å². The molecule has 1 amide bonds. The predicted molar refractivity (Wildman–Crippen MR) is 112 cm³/mol. The molecule has 2 atom stereocenters. The number of aromatic nitrogens is 4. The van der Waals surface area contributed by atoms with E-state index in [0.29, 0.717) is 0 Å². The first-order chi connectivity index (χ1) is 15.6. The summed E-state index contributed by atoms with van der Waals surface area (Å²) in [5, 5.41) is 32.3. The van der Waals surface area contributed by atoms with Gasteiger partial charge in [-0.3, -0.25) is 19.4 Å². The SMILES string of the molecule is Nc1nc2ncc(C[NH+]([O-])c3ccc(C(=O)N[C@@H](CCC(=O)O)C(=O)O)cc3)nc2c(=O)[nH]1.[Fe]. The number of carbonyl (C=O) groups is 3. The van der Waals surface area contributed by atoms with Crippen molar-refractivity contribution in [1.29, 1.82) is 0 Å². The molecule has 14 nitrogen and oxygen atoms in total. The van der Waals surface area contributed by atoms with Crippen LogP contribution in [0.5, 0.6) is 0 Å². The number of amides is 1. The maximum absolute atomic E-state index is 12.6. The third-order valence-corrected chi connectivity index (χ3v) is 4.55. The monoisotopic (exact) mass is 513 g/mol. The molecule has 2 aromatic heterocycles. The molecule has 15 heteroatoms. The van der Waals surface area contributed by atoms with Crippen molar-refractivity contribution in [3.8, 4) is 0 Å². The van der Waals surface area contributed by atoms with Gasteiger partial charge in [-0.15, -0.1) is 0 Å². The van der Waals surface area contributed by atoms with E-state index in [0.717, 1.165) is 0 Å². The molecule has 3 rings (SSSR count). The second kappa shape index (κ2) is 11.3. The van der Waals surface area contributed by atoms with Gasteiger partial charge in [-0.2, -0.15) is 4.98 Å². The minimum Gasteiger partial charge on any atom is -0.629 e.